The van der Waals surface area contributed by atoms with Crippen LogP contribution < -0.4 is 0 Å². The molecule has 15 aromatic rings. The van der Waals surface area contributed by atoms with Crippen molar-refractivity contribution < 1.29 is 8.83 Å². The Balaban J connectivity index is 1.04. The number of benzene rings is 11. The molecule has 64 heavy (non-hydrogen) atoms. The molecule has 11 aromatic carbocycles. The summed E-state index contributed by atoms with van der Waals surface area (Å²) in [5, 5.41) is 17.0. The number of aromatic nitrogens is 2. The number of hydrogen-bond donors (Lipinski definition) is 0. The zero-order valence-electron chi connectivity index (χ0n) is 34.3. The average Bonchev–Trinajstić information content (AvgIpc) is 4.11. The van der Waals surface area contributed by atoms with E-state index in [1.165, 1.54) is 64.9 Å². The third kappa shape index (κ3) is 4.56. The smallest absolute Gasteiger partial charge is 0.137 e. The van der Waals surface area contributed by atoms with E-state index in [1.807, 2.05) is 24.3 Å². The second-order valence-electron chi connectivity index (χ2n) is 17.2. The Kier molecular flexibility index (Phi) is 6.65. The van der Waals surface area contributed by atoms with Crippen molar-refractivity contribution in [1.29, 1.82) is 0 Å². The Labute approximate surface area is 365 Å². The largest absolute Gasteiger partial charge is 0.456 e. The molecular formula is C60H34N2O2. The highest BCUT2D eigenvalue weighted by atomic mass is 16.3. The van der Waals surface area contributed by atoms with Crippen LogP contribution in [0.3, 0.4) is 0 Å². The predicted molar refractivity (Wildman–Crippen MR) is 268 cm³/mol. The van der Waals surface area contributed by atoms with Gasteiger partial charge in [0.1, 0.15) is 22.3 Å². The van der Waals surface area contributed by atoms with E-state index in [1.54, 1.807) is 0 Å². The molecule has 0 aliphatic rings. The molecule has 4 heterocycles. The van der Waals surface area contributed by atoms with Crippen molar-refractivity contribution in [2.75, 3.05) is 0 Å². The number of furan rings is 2. The maximum atomic E-state index is 6.49. The quantitative estimate of drug-likeness (QED) is 0.167. The SMILES string of the molecule is c1ccc2c(c1)oc1cc(-n3c4ccc(-c5ccc6oc7ccccc7c6c5)cc4c4c5c6ccccc6n(-c6ccc7c8ccccc8c8ccccc8c7c6)c5ccc43)ccc12. The van der Waals surface area contributed by atoms with E-state index < -0.39 is 0 Å². The Hall–Kier alpha value is -8.60. The summed E-state index contributed by atoms with van der Waals surface area (Å²) in [5.74, 6) is 0. The maximum absolute atomic E-state index is 6.49. The Morgan fingerprint density at radius 2 is 0.656 bits per heavy atom. The summed E-state index contributed by atoms with van der Waals surface area (Å²) in [6.07, 6.45) is 0. The lowest BCUT2D eigenvalue weighted by molar-refractivity contribution is 0.668. The van der Waals surface area contributed by atoms with Crippen LogP contribution in [0.2, 0.25) is 0 Å². The van der Waals surface area contributed by atoms with Crippen LogP contribution in [0.4, 0.5) is 0 Å². The average molecular weight is 815 g/mol. The van der Waals surface area contributed by atoms with Crippen LogP contribution in [-0.2, 0) is 0 Å². The molecule has 4 heteroatoms. The van der Waals surface area contributed by atoms with Crippen LogP contribution in [0, 0.1) is 0 Å². The normalized spacial score (nSPS) is 12.4. The van der Waals surface area contributed by atoms with Gasteiger partial charge >= 0.3 is 0 Å². The fraction of sp³-hybridized carbons (Fsp3) is 0. The molecule has 0 amide bonds. The molecule has 0 aliphatic heterocycles. The highest BCUT2D eigenvalue weighted by molar-refractivity contribution is 6.30. The van der Waals surface area contributed by atoms with Crippen molar-refractivity contribution in [1.82, 2.24) is 9.13 Å². The molecule has 0 fully saturated rings. The van der Waals surface area contributed by atoms with E-state index in [9.17, 15) is 0 Å². The number of fused-ring (bicyclic) bond motifs is 19. The minimum Gasteiger partial charge on any atom is -0.456 e. The molecule has 4 nitrogen and oxygen atoms in total. The molecule has 296 valence electrons. The Morgan fingerprint density at radius 3 is 1.34 bits per heavy atom. The number of para-hydroxylation sites is 3. The summed E-state index contributed by atoms with van der Waals surface area (Å²) in [5.41, 5.74) is 12.7. The first-order valence-corrected chi connectivity index (χ1v) is 21.9. The highest BCUT2D eigenvalue weighted by Crippen LogP contribution is 2.45. The van der Waals surface area contributed by atoms with Crippen molar-refractivity contribution in [3.8, 4) is 22.5 Å². The van der Waals surface area contributed by atoms with E-state index in [0.29, 0.717) is 0 Å². The van der Waals surface area contributed by atoms with Crippen LogP contribution in [0.5, 0.6) is 0 Å². The first-order valence-electron chi connectivity index (χ1n) is 21.9. The van der Waals surface area contributed by atoms with E-state index in [4.69, 9.17) is 8.83 Å². The van der Waals surface area contributed by atoms with Gasteiger partial charge in [0.2, 0.25) is 0 Å². The minimum atomic E-state index is 0.875. The summed E-state index contributed by atoms with van der Waals surface area (Å²) in [4.78, 5) is 0. The molecule has 0 radical (unpaired) electrons. The summed E-state index contributed by atoms with van der Waals surface area (Å²) in [7, 11) is 0. The standard InChI is InChI=1S/C60H34N2O2/c1-2-13-41-39(11-1)40-12-3-4-14-42(40)48-33-37(23-25-43(41)48)61-51-18-8-5-17-47(51)59-53(61)28-29-54-60(59)50-32-35(36-22-30-57-49(31-36)45-16-7-10-20-56(45)63-57)21-27-52(50)62(54)38-24-26-46-44-15-6-9-19-55(44)64-58(46)34-38/h1-34H. The summed E-state index contributed by atoms with van der Waals surface area (Å²) in [6.45, 7) is 0. The molecule has 0 atom stereocenters. The molecule has 0 aliphatic carbocycles. The first kappa shape index (κ1) is 34.0. The van der Waals surface area contributed by atoms with Gasteiger partial charge in [0.05, 0.1) is 22.1 Å². The van der Waals surface area contributed by atoms with Gasteiger partial charge in [-0.15, -0.1) is 0 Å². The van der Waals surface area contributed by atoms with Crippen LogP contribution in [0.15, 0.2) is 215 Å². The Bertz CT molecular complexity index is 4460. The van der Waals surface area contributed by atoms with Gasteiger partial charge in [0.15, 0.2) is 0 Å². The molecular weight excluding hydrogens is 781 g/mol. The van der Waals surface area contributed by atoms with Gasteiger partial charge in [-0.3, -0.25) is 0 Å². The van der Waals surface area contributed by atoms with E-state index in [0.717, 1.165) is 77.4 Å². The summed E-state index contributed by atoms with van der Waals surface area (Å²) < 4.78 is 17.6. The lowest BCUT2D eigenvalue weighted by Crippen LogP contribution is -1.95. The van der Waals surface area contributed by atoms with Gasteiger partial charge < -0.3 is 18.0 Å². The molecule has 0 bridgehead atoms. The predicted octanol–water partition coefficient (Wildman–Crippen LogP) is 16.8. The fourth-order valence-electron chi connectivity index (χ4n) is 11.1. The lowest BCUT2D eigenvalue weighted by Gasteiger charge is -2.14. The zero-order chi connectivity index (χ0) is 41.6. The van der Waals surface area contributed by atoms with Crippen LogP contribution in [-0.4, -0.2) is 9.13 Å². The van der Waals surface area contributed by atoms with Crippen molar-refractivity contribution in [3.05, 3.63) is 206 Å². The maximum Gasteiger partial charge on any atom is 0.137 e. The van der Waals surface area contributed by atoms with Gasteiger partial charge in [-0.05, 0) is 122 Å². The third-order valence-electron chi connectivity index (χ3n) is 13.9. The molecule has 15 rings (SSSR count). The van der Waals surface area contributed by atoms with Crippen molar-refractivity contribution >= 4 is 120 Å². The summed E-state index contributed by atoms with van der Waals surface area (Å²) in [6, 6.07) is 75.0. The lowest BCUT2D eigenvalue weighted by atomic mass is 9.94. The van der Waals surface area contributed by atoms with E-state index in [2.05, 4.69) is 191 Å². The first-order chi connectivity index (χ1) is 31.7. The van der Waals surface area contributed by atoms with E-state index >= 15 is 0 Å². The number of hydrogen-bond acceptors (Lipinski definition) is 2. The molecule has 0 saturated carbocycles. The van der Waals surface area contributed by atoms with Gasteiger partial charge in [-0.25, -0.2) is 0 Å². The van der Waals surface area contributed by atoms with E-state index in [-0.39, 0.29) is 0 Å². The van der Waals surface area contributed by atoms with Crippen LogP contribution in [0.1, 0.15) is 0 Å². The molecule has 4 aromatic heterocycles. The zero-order valence-corrected chi connectivity index (χ0v) is 34.3. The van der Waals surface area contributed by atoms with Gasteiger partial charge in [0.25, 0.3) is 0 Å². The third-order valence-corrected chi connectivity index (χ3v) is 13.9. The molecule has 0 spiro atoms. The molecule has 0 saturated heterocycles. The number of nitrogens with zero attached hydrogens (tertiary/aromatic N) is 2. The van der Waals surface area contributed by atoms with Crippen LogP contribution >= 0.6 is 0 Å². The Morgan fingerprint density at radius 1 is 0.234 bits per heavy atom. The van der Waals surface area contributed by atoms with Crippen molar-refractivity contribution in [3.63, 3.8) is 0 Å². The second kappa shape index (κ2) is 12.5. The van der Waals surface area contributed by atoms with Gasteiger partial charge in [0, 0.05) is 60.5 Å². The van der Waals surface area contributed by atoms with Gasteiger partial charge in [-0.1, -0.05) is 121 Å². The topological polar surface area (TPSA) is 36.1 Å². The summed E-state index contributed by atoms with van der Waals surface area (Å²) >= 11 is 0. The molecule has 0 N–H and O–H groups in total. The van der Waals surface area contributed by atoms with Crippen molar-refractivity contribution in [2.24, 2.45) is 0 Å². The van der Waals surface area contributed by atoms with Crippen LogP contribution in [0.25, 0.3) is 142 Å². The number of rotatable bonds is 3. The monoisotopic (exact) mass is 814 g/mol. The van der Waals surface area contributed by atoms with Crippen molar-refractivity contribution in [2.45, 2.75) is 0 Å². The second-order valence-corrected chi connectivity index (χ2v) is 17.2. The highest BCUT2D eigenvalue weighted by Gasteiger charge is 2.23. The minimum absolute atomic E-state index is 0.875. The van der Waals surface area contributed by atoms with Gasteiger partial charge in [-0.2, -0.15) is 0 Å². The molecule has 0 unspecified atom stereocenters. The fourth-order valence-corrected chi connectivity index (χ4v) is 11.1.